The number of nitrogens with two attached hydrogens (primary N) is 1. The van der Waals surface area contributed by atoms with E-state index in [1.807, 2.05) is 45.9 Å². The van der Waals surface area contributed by atoms with Gasteiger partial charge in [-0.05, 0) is 52.1 Å². The van der Waals surface area contributed by atoms with E-state index in [0.29, 0.717) is 17.3 Å². The first-order valence-electron chi connectivity index (χ1n) is 7.55. The number of nitrogens with one attached hydrogen (secondary N) is 1. The lowest BCUT2D eigenvalue weighted by atomic mass is 9.78. The Labute approximate surface area is 126 Å². The molecular formula is C16H23BN2O2. The van der Waals surface area contributed by atoms with Crippen LogP contribution in [0.1, 0.15) is 46.1 Å². The van der Waals surface area contributed by atoms with E-state index < -0.39 is 7.12 Å². The molecular weight excluding hydrogens is 263 g/mol. The molecule has 0 amide bonds. The fourth-order valence-corrected chi connectivity index (χ4v) is 2.54. The zero-order chi connectivity index (χ0) is 15.4. The van der Waals surface area contributed by atoms with E-state index in [1.165, 1.54) is 0 Å². The molecule has 2 aliphatic rings. The van der Waals surface area contributed by atoms with Crippen molar-refractivity contribution in [2.24, 2.45) is 5.92 Å². The summed E-state index contributed by atoms with van der Waals surface area (Å²) in [6.45, 7) is 8.14. The molecule has 2 fully saturated rings. The monoisotopic (exact) mass is 286 g/mol. The highest BCUT2D eigenvalue weighted by atomic mass is 16.7. The molecule has 1 saturated heterocycles. The normalized spacial score (nSPS) is 23.3. The van der Waals surface area contributed by atoms with E-state index in [9.17, 15) is 0 Å². The predicted octanol–water partition coefficient (Wildman–Crippen LogP) is 2.35. The summed E-state index contributed by atoms with van der Waals surface area (Å²) >= 11 is 0. The average molecular weight is 286 g/mol. The standard InChI is InChI=1S/C16H23BN2O2/c1-15(2)16(3,4)21-17(20-15)11-7-8-12(13(18)9-11)14(19)10-5-6-10/h7-10,19H,5-6,18H2,1-4H3. The van der Waals surface area contributed by atoms with E-state index in [0.717, 1.165) is 23.9 Å². The van der Waals surface area contributed by atoms with Crippen LogP contribution in [-0.4, -0.2) is 24.0 Å². The van der Waals surface area contributed by atoms with Gasteiger partial charge in [-0.3, -0.25) is 0 Å². The van der Waals surface area contributed by atoms with Crippen LogP contribution in [0.15, 0.2) is 18.2 Å². The maximum Gasteiger partial charge on any atom is 0.494 e. The third-order valence-corrected chi connectivity index (χ3v) is 4.88. The van der Waals surface area contributed by atoms with Gasteiger partial charge in [0.25, 0.3) is 0 Å². The molecule has 1 aromatic rings. The minimum absolute atomic E-state index is 0.355. The second-order valence-electron chi connectivity index (χ2n) is 7.12. The first kappa shape index (κ1) is 14.6. The van der Waals surface area contributed by atoms with E-state index >= 15 is 0 Å². The van der Waals surface area contributed by atoms with Crippen LogP contribution in [0, 0.1) is 11.3 Å². The molecule has 0 aromatic heterocycles. The third kappa shape index (κ3) is 2.49. The van der Waals surface area contributed by atoms with Gasteiger partial charge in [-0.15, -0.1) is 0 Å². The molecule has 0 bridgehead atoms. The molecule has 1 aliphatic carbocycles. The first-order chi connectivity index (χ1) is 9.71. The SMILES string of the molecule is CC1(C)OB(c2ccc(C(=N)C3CC3)c(N)c2)OC1(C)C. The molecule has 112 valence electrons. The number of hydrogen-bond donors (Lipinski definition) is 2. The van der Waals surface area contributed by atoms with Crippen molar-refractivity contribution in [3.05, 3.63) is 23.8 Å². The Morgan fingerprint density at radius 2 is 1.76 bits per heavy atom. The quantitative estimate of drug-likeness (QED) is 0.509. The maximum atomic E-state index is 8.15. The average Bonchev–Trinajstić information content (AvgIpc) is 3.17. The van der Waals surface area contributed by atoms with Crippen molar-refractivity contribution in [2.75, 3.05) is 5.73 Å². The van der Waals surface area contributed by atoms with Gasteiger partial charge in [0.05, 0.1) is 11.2 Å². The molecule has 0 atom stereocenters. The van der Waals surface area contributed by atoms with Crippen LogP contribution in [-0.2, 0) is 9.31 Å². The Hall–Kier alpha value is -1.33. The molecule has 1 saturated carbocycles. The van der Waals surface area contributed by atoms with Crippen molar-refractivity contribution in [1.29, 1.82) is 5.41 Å². The number of hydrogen-bond acceptors (Lipinski definition) is 4. The lowest BCUT2D eigenvalue weighted by Crippen LogP contribution is -2.41. The van der Waals surface area contributed by atoms with E-state index in [-0.39, 0.29) is 11.2 Å². The second kappa shape index (κ2) is 4.58. The summed E-state index contributed by atoms with van der Waals surface area (Å²) < 4.78 is 12.1. The van der Waals surface area contributed by atoms with E-state index in [1.54, 1.807) is 0 Å². The lowest BCUT2D eigenvalue weighted by molar-refractivity contribution is 0.00578. The Morgan fingerprint density at radius 3 is 2.24 bits per heavy atom. The van der Waals surface area contributed by atoms with Crippen molar-refractivity contribution in [2.45, 2.75) is 51.7 Å². The summed E-state index contributed by atoms with van der Waals surface area (Å²) in [6, 6.07) is 5.77. The van der Waals surface area contributed by atoms with Crippen molar-refractivity contribution in [3.63, 3.8) is 0 Å². The van der Waals surface area contributed by atoms with Crippen LogP contribution in [0.2, 0.25) is 0 Å². The highest BCUT2D eigenvalue weighted by Gasteiger charge is 2.51. The highest BCUT2D eigenvalue weighted by molar-refractivity contribution is 6.62. The Morgan fingerprint density at radius 1 is 1.19 bits per heavy atom. The summed E-state index contributed by atoms with van der Waals surface area (Å²) in [6.07, 6.45) is 2.22. The molecule has 0 spiro atoms. The summed E-state index contributed by atoms with van der Waals surface area (Å²) in [7, 11) is -0.401. The van der Waals surface area contributed by atoms with Crippen molar-refractivity contribution in [3.8, 4) is 0 Å². The van der Waals surface area contributed by atoms with Crippen molar-refractivity contribution < 1.29 is 9.31 Å². The molecule has 21 heavy (non-hydrogen) atoms. The Kier molecular flexibility index (Phi) is 3.19. The molecule has 1 heterocycles. The van der Waals surface area contributed by atoms with Crippen LogP contribution in [0.4, 0.5) is 5.69 Å². The minimum Gasteiger partial charge on any atom is -0.399 e. The van der Waals surface area contributed by atoms with Crippen LogP contribution in [0.3, 0.4) is 0 Å². The zero-order valence-electron chi connectivity index (χ0n) is 13.2. The van der Waals surface area contributed by atoms with Gasteiger partial charge in [0, 0.05) is 22.9 Å². The van der Waals surface area contributed by atoms with Crippen LogP contribution >= 0.6 is 0 Å². The lowest BCUT2D eigenvalue weighted by Gasteiger charge is -2.32. The van der Waals surface area contributed by atoms with Gasteiger partial charge in [-0.1, -0.05) is 12.1 Å². The van der Waals surface area contributed by atoms with Gasteiger partial charge < -0.3 is 20.5 Å². The fourth-order valence-electron chi connectivity index (χ4n) is 2.54. The molecule has 3 rings (SSSR count). The van der Waals surface area contributed by atoms with E-state index in [2.05, 4.69) is 0 Å². The maximum absolute atomic E-state index is 8.15. The van der Waals surface area contributed by atoms with Crippen LogP contribution in [0.25, 0.3) is 0 Å². The smallest absolute Gasteiger partial charge is 0.399 e. The summed E-state index contributed by atoms with van der Waals surface area (Å²) in [5, 5.41) is 8.15. The predicted molar refractivity (Wildman–Crippen MR) is 86.1 cm³/mol. The van der Waals surface area contributed by atoms with Gasteiger partial charge in [-0.2, -0.15) is 0 Å². The van der Waals surface area contributed by atoms with Crippen molar-refractivity contribution in [1.82, 2.24) is 0 Å². The Bertz CT molecular complexity index is 578. The Balaban J connectivity index is 1.85. The minimum atomic E-state index is -0.401. The number of rotatable bonds is 3. The molecule has 4 nitrogen and oxygen atoms in total. The molecule has 0 radical (unpaired) electrons. The fraction of sp³-hybridized carbons (Fsp3) is 0.562. The highest BCUT2D eigenvalue weighted by Crippen LogP contribution is 2.37. The summed E-state index contributed by atoms with van der Waals surface area (Å²) in [5.41, 5.74) is 8.49. The zero-order valence-corrected chi connectivity index (χ0v) is 13.2. The molecule has 1 aliphatic heterocycles. The van der Waals surface area contributed by atoms with Gasteiger partial charge in [0.2, 0.25) is 0 Å². The molecule has 5 heteroatoms. The molecule has 3 N–H and O–H groups in total. The number of nitrogen functional groups attached to an aromatic ring is 1. The summed E-state index contributed by atoms with van der Waals surface area (Å²) in [5.74, 6) is 0.398. The topological polar surface area (TPSA) is 68.3 Å². The van der Waals surface area contributed by atoms with Crippen LogP contribution in [0.5, 0.6) is 0 Å². The largest absolute Gasteiger partial charge is 0.494 e. The van der Waals surface area contributed by atoms with Gasteiger partial charge >= 0.3 is 7.12 Å². The summed E-state index contributed by atoms with van der Waals surface area (Å²) in [4.78, 5) is 0. The number of anilines is 1. The number of benzene rings is 1. The second-order valence-corrected chi connectivity index (χ2v) is 7.12. The van der Waals surface area contributed by atoms with Crippen LogP contribution < -0.4 is 11.2 Å². The third-order valence-electron chi connectivity index (χ3n) is 4.88. The van der Waals surface area contributed by atoms with Gasteiger partial charge in [0.15, 0.2) is 0 Å². The van der Waals surface area contributed by atoms with E-state index in [4.69, 9.17) is 20.5 Å². The molecule has 0 unspecified atom stereocenters. The van der Waals surface area contributed by atoms with Crippen molar-refractivity contribution >= 4 is 24.0 Å². The van der Waals surface area contributed by atoms with Gasteiger partial charge in [0.1, 0.15) is 0 Å². The molecule has 1 aromatic carbocycles. The first-order valence-corrected chi connectivity index (χ1v) is 7.55. The van der Waals surface area contributed by atoms with Gasteiger partial charge in [-0.25, -0.2) is 0 Å².